The van der Waals surface area contributed by atoms with E-state index in [1.807, 2.05) is 6.92 Å². The lowest BCUT2D eigenvalue weighted by Crippen LogP contribution is -2.27. The van der Waals surface area contributed by atoms with Gasteiger partial charge >= 0.3 is 5.97 Å². The van der Waals surface area contributed by atoms with Gasteiger partial charge in [0.1, 0.15) is 9.57 Å². The Morgan fingerprint density at radius 2 is 2.07 bits per heavy atom. The van der Waals surface area contributed by atoms with E-state index in [9.17, 15) is 4.79 Å². The predicted octanol–water partition coefficient (Wildman–Crippen LogP) is 1.66. The monoisotopic (exact) mass is 233 g/mol. The molecule has 80 valence electrons. The van der Waals surface area contributed by atoms with Crippen molar-refractivity contribution in [2.24, 2.45) is 0 Å². The molecular weight excluding hydrogens is 218 g/mol. The summed E-state index contributed by atoms with van der Waals surface area (Å²) in [7, 11) is 1.40. The first-order valence-corrected chi connectivity index (χ1v) is 5.97. The molecule has 1 atom stereocenters. The second kappa shape index (κ2) is 5.56. The Morgan fingerprint density at radius 1 is 1.50 bits per heavy atom. The van der Waals surface area contributed by atoms with E-state index in [1.54, 1.807) is 0 Å². The molecule has 1 fully saturated rings. The predicted molar refractivity (Wildman–Crippen MR) is 62.5 cm³/mol. The molecule has 1 heterocycles. The van der Waals surface area contributed by atoms with Crippen LogP contribution in [0.3, 0.4) is 0 Å². The number of methoxy groups -OCH3 is 1. The maximum Gasteiger partial charge on any atom is 0.318 e. The summed E-state index contributed by atoms with van der Waals surface area (Å²) < 4.78 is 5.46. The van der Waals surface area contributed by atoms with E-state index in [2.05, 4.69) is 9.64 Å². The van der Waals surface area contributed by atoms with Gasteiger partial charge in [0, 0.05) is 13.1 Å². The molecule has 1 aliphatic heterocycles. The fourth-order valence-corrected chi connectivity index (χ4v) is 2.78. The molecule has 0 amide bonds. The number of likely N-dealkylation sites (tertiary alicyclic amines) is 1. The second-order valence-electron chi connectivity index (χ2n) is 3.24. The van der Waals surface area contributed by atoms with E-state index in [4.69, 9.17) is 12.2 Å². The number of thiocarbonyl (C=S) groups is 1. The van der Waals surface area contributed by atoms with Crippen molar-refractivity contribution in [2.75, 3.05) is 20.2 Å². The smallest absolute Gasteiger partial charge is 0.318 e. The van der Waals surface area contributed by atoms with Gasteiger partial charge in [0.15, 0.2) is 0 Å². The van der Waals surface area contributed by atoms with Crippen LogP contribution in [0.5, 0.6) is 0 Å². The van der Waals surface area contributed by atoms with Gasteiger partial charge in [-0.25, -0.2) is 0 Å². The molecule has 0 aliphatic carbocycles. The topological polar surface area (TPSA) is 29.5 Å². The van der Waals surface area contributed by atoms with Crippen molar-refractivity contribution in [3.63, 3.8) is 0 Å². The quantitative estimate of drug-likeness (QED) is 0.534. The zero-order valence-electron chi connectivity index (χ0n) is 8.49. The number of hydrogen-bond donors (Lipinski definition) is 0. The Balaban J connectivity index is 2.35. The Kier molecular flexibility index (Phi) is 4.68. The number of thioether (sulfide) groups is 1. The average Bonchev–Trinajstić information content (AvgIpc) is 2.69. The summed E-state index contributed by atoms with van der Waals surface area (Å²) in [6, 6.07) is 0. The third-order valence-corrected chi connectivity index (χ3v) is 3.73. The Morgan fingerprint density at radius 3 is 2.57 bits per heavy atom. The highest BCUT2D eigenvalue weighted by atomic mass is 32.2. The second-order valence-corrected chi connectivity index (χ2v) is 5.22. The minimum atomic E-state index is -0.212. The normalized spacial score (nSPS) is 18.0. The number of carbonyl (C=O) groups excluding carboxylic acids is 1. The molecule has 3 nitrogen and oxygen atoms in total. The lowest BCUT2D eigenvalue weighted by Gasteiger charge is -2.19. The molecule has 0 radical (unpaired) electrons. The van der Waals surface area contributed by atoms with E-state index < -0.39 is 0 Å². The zero-order chi connectivity index (χ0) is 10.6. The average molecular weight is 233 g/mol. The van der Waals surface area contributed by atoms with Crippen molar-refractivity contribution in [1.29, 1.82) is 0 Å². The summed E-state index contributed by atoms with van der Waals surface area (Å²) >= 11 is 6.65. The van der Waals surface area contributed by atoms with E-state index >= 15 is 0 Å². The molecule has 0 N–H and O–H groups in total. The summed E-state index contributed by atoms with van der Waals surface area (Å²) in [4.78, 5) is 13.3. The third-order valence-electron chi connectivity index (χ3n) is 2.17. The molecule has 0 unspecified atom stereocenters. The van der Waals surface area contributed by atoms with Crippen LogP contribution in [0, 0.1) is 0 Å². The van der Waals surface area contributed by atoms with Crippen molar-refractivity contribution in [2.45, 2.75) is 25.0 Å². The molecule has 14 heavy (non-hydrogen) atoms. The molecule has 0 spiro atoms. The third kappa shape index (κ3) is 3.13. The SMILES string of the molecule is COC(=O)[C@H](C)SC(=S)N1CCCC1. The maximum atomic E-state index is 11.1. The van der Waals surface area contributed by atoms with Gasteiger partial charge in [-0.05, 0) is 19.8 Å². The minimum Gasteiger partial charge on any atom is -0.468 e. The highest BCUT2D eigenvalue weighted by Gasteiger charge is 2.21. The van der Waals surface area contributed by atoms with Crippen molar-refractivity contribution in [1.82, 2.24) is 4.90 Å². The van der Waals surface area contributed by atoms with E-state index in [-0.39, 0.29) is 11.2 Å². The van der Waals surface area contributed by atoms with Crippen LogP contribution in [-0.4, -0.2) is 40.6 Å². The number of nitrogens with zero attached hydrogens (tertiary/aromatic N) is 1. The van der Waals surface area contributed by atoms with Gasteiger partial charge in [0.2, 0.25) is 0 Å². The molecule has 1 aliphatic rings. The summed E-state index contributed by atoms with van der Waals surface area (Å²) in [5.74, 6) is -0.212. The van der Waals surface area contributed by atoms with Crippen LogP contribution in [0.25, 0.3) is 0 Å². The van der Waals surface area contributed by atoms with Gasteiger partial charge in [-0.15, -0.1) is 0 Å². The first-order valence-electron chi connectivity index (χ1n) is 4.68. The van der Waals surface area contributed by atoms with Gasteiger partial charge in [-0.3, -0.25) is 4.79 Å². The molecule has 0 aromatic rings. The number of ether oxygens (including phenoxy) is 1. The van der Waals surface area contributed by atoms with Crippen LogP contribution < -0.4 is 0 Å². The number of esters is 1. The van der Waals surface area contributed by atoms with Crippen LogP contribution >= 0.6 is 24.0 Å². The number of carbonyl (C=O) groups is 1. The Hall–Kier alpha value is -0.290. The van der Waals surface area contributed by atoms with Crippen LogP contribution in [0.4, 0.5) is 0 Å². The van der Waals surface area contributed by atoms with Gasteiger partial charge in [-0.1, -0.05) is 24.0 Å². The van der Waals surface area contributed by atoms with Crippen molar-refractivity contribution in [3.05, 3.63) is 0 Å². The minimum absolute atomic E-state index is 0.201. The summed E-state index contributed by atoms with van der Waals surface area (Å²) in [6.45, 7) is 3.87. The fourth-order valence-electron chi connectivity index (χ4n) is 1.34. The van der Waals surface area contributed by atoms with E-state index in [1.165, 1.54) is 31.7 Å². The highest BCUT2D eigenvalue weighted by molar-refractivity contribution is 8.23. The first-order chi connectivity index (χ1) is 6.65. The molecule has 0 aromatic carbocycles. The lowest BCUT2D eigenvalue weighted by molar-refractivity contribution is -0.139. The zero-order valence-corrected chi connectivity index (χ0v) is 10.1. The van der Waals surface area contributed by atoms with Crippen molar-refractivity contribution in [3.8, 4) is 0 Å². The number of hydrogen-bond acceptors (Lipinski definition) is 4. The van der Waals surface area contributed by atoms with Crippen molar-refractivity contribution < 1.29 is 9.53 Å². The summed E-state index contributed by atoms with van der Waals surface area (Å²) in [6.07, 6.45) is 2.40. The first kappa shape index (κ1) is 11.8. The standard InChI is InChI=1S/C9H15NO2S2/c1-7(8(11)12-2)14-9(13)10-5-3-4-6-10/h7H,3-6H2,1-2H3/t7-/m0/s1. The van der Waals surface area contributed by atoms with Crippen LogP contribution in [0.2, 0.25) is 0 Å². The molecule has 0 aromatic heterocycles. The van der Waals surface area contributed by atoms with Crippen LogP contribution in [0.1, 0.15) is 19.8 Å². The summed E-state index contributed by atoms with van der Waals surface area (Å²) in [5.41, 5.74) is 0. The van der Waals surface area contributed by atoms with Gasteiger partial charge < -0.3 is 9.64 Å². The van der Waals surface area contributed by atoms with Crippen LogP contribution in [-0.2, 0) is 9.53 Å². The maximum absolute atomic E-state index is 11.1. The summed E-state index contributed by atoms with van der Waals surface area (Å²) in [5, 5.41) is -0.201. The highest BCUT2D eigenvalue weighted by Crippen LogP contribution is 2.20. The Bertz CT molecular complexity index is 227. The molecular formula is C9H15NO2S2. The lowest BCUT2D eigenvalue weighted by atomic mass is 10.4. The van der Waals surface area contributed by atoms with Crippen LogP contribution in [0.15, 0.2) is 0 Å². The molecule has 5 heteroatoms. The molecule has 1 saturated heterocycles. The Labute approximate surface area is 94.2 Å². The van der Waals surface area contributed by atoms with Gasteiger partial charge in [-0.2, -0.15) is 0 Å². The largest absolute Gasteiger partial charge is 0.468 e. The van der Waals surface area contributed by atoms with Gasteiger partial charge in [0.05, 0.1) is 7.11 Å². The molecule has 0 bridgehead atoms. The van der Waals surface area contributed by atoms with E-state index in [0.29, 0.717) is 0 Å². The number of rotatable bonds is 2. The fraction of sp³-hybridized carbons (Fsp3) is 0.778. The van der Waals surface area contributed by atoms with Crippen molar-refractivity contribution >= 4 is 34.3 Å². The molecule has 1 rings (SSSR count). The molecule has 0 saturated carbocycles. The van der Waals surface area contributed by atoms with E-state index in [0.717, 1.165) is 17.4 Å². The van der Waals surface area contributed by atoms with Gasteiger partial charge in [0.25, 0.3) is 0 Å².